The van der Waals surface area contributed by atoms with E-state index in [9.17, 15) is 9.50 Å². The molecular weight excluding hydrogens is 257 g/mol. The quantitative estimate of drug-likeness (QED) is 0.807. The normalized spacial score (nSPS) is 18.9. The van der Waals surface area contributed by atoms with E-state index in [-0.39, 0.29) is 12.4 Å². The summed E-state index contributed by atoms with van der Waals surface area (Å²) in [5, 5.41) is 13.2. The smallest absolute Gasteiger partial charge is 0.165 e. The van der Waals surface area contributed by atoms with Crippen LogP contribution in [0, 0.1) is 11.7 Å². The summed E-state index contributed by atoms with van der Waals surface area (Å²) in [6.07, 6.45) is 4.55. The number of aliphatic hydroxyl groups excluding tert-OH is 1. The van der Waals surface area contributed by atoms with E-state index in [2.05, 4.69) is 12.2 Å². The monoisotopic (exact) mass is 281 g/mol. The van der Waals surface area contributed by atoms with Gasteiger partial charge in [0.2, 0.25) is 0 Å². The molecular formula is C16H24FNO2. The maximum atomic E-state index is 13.3. The molecule has 0 amide bonds. The number of ether oxygens (including phenoxy) is 1. The fourth-order valence-electron chi connectivity index (χ4n) is 2.75. The van der Waals surface area contributed by atoms with Crippen LogP contribution in [0.4, 0.5) is 4.39 Å². The van der Waals surface area contributed by atoms with E-state index in [1.807, 2.05) is 0 Å². The van der Waals surface area contributed by atoms with Crippen molar-refractivity contribution in [2.24, 2.45) is 5.92 Å². The highest BCUT2D eigenvalue weighted by Gasteiger charge is 2.21. The largest absolute Gasteiger partial charge is 0.488 e. The lowest BCUT2D eigenvalue weighted by Crippen LogP contribution is -2.39. The van der Waals surface area contributed by atoms with Gasteiger partial charge in [0, 0.05) is 12.6 Å². The van der Waals surface area contributed by atoms with E-state index < -0.39 is 11.9 Å². The Hall–Kier alpha value is -1.13. The third-order valence-electron chi connectivity index (χ3n) is 4.05. The van der Waals surface area contributed by atoms with Crippen LogP contribution in [-0.2, 0) is 0 Å². The lowest BCUT2D eigenvalue weighted by atomic mass is 10.00. The van der Waals surface area contributed by atoms with Gasteiger partial charge in [-0.05, 0) is 37.8 Å². The van der Waals surface area contributed by atoms with Crippen LogP contribution >= 0.6 is 0 Å². The Kier molecular flexibility index (Phi) is 5.80. The first-order chi connectivity index (χ1) is 9.66. The molecule has 112 valence electrons. The number of nitrogens with one attached hydrogen (secondary N) is 1. The first-order valence-corrected chi connectivity index (χ1v) is 7.45. The predicted molar refractivity (Wildman–Crippen MR) is 77.3 cm³/mol. The number of rotatable bonds is 7. The van der Waals surface area contributed by atoms with Crippen LogP contribution in [-0.4, -0.2) is 30.4 Å². The summed E-state index contributed by atoms with van der Waals surface area (Å²) in [5.74, 6) is 0.511. The summed E-state index contributed by atoms with van der Waals surface area (Å²) in [6, 6.07) is 6.66. The van der Waals surface area contributed by atoms with Gasteiger partial charge in [-0.1, -0.05) is 25.0 Å². The van der Waals surface area contributed by atoms with E-state index in [1.54, 1.807) is 18.2 Å². The summed E-state index contributed by atoms with van der Waals surface area (Å²) >= 11 is 0. The molecule has 1 aromatic rings. The molecule has 1 fully saturated rings. The zero-order valence-electron chi connectivity index (χ0n) is 12.0. The van der Waals surface area contributed by atoms with Crippen LogP contribution in [0.2, 0.25) is 0 Å². The molecule has 1 aliphatic carbocycles. The van der Waals surface area contributed by atoms with Crippen molar-refractivity contribution >= 4 is 0 Å². The van der Waals surface area contributed by atoms with Crippen LogP contribution < -0.4 is 10.1 Å². The van der Waals surface area contributed by atoms with Crippen molar-refractivity contribution in [3.63, 3.8) is 0 Å². The van der Waals surface area contributed by atoms with Gasteiger partial charge in [0.15, 0.2) is 11.6 Å². The second-order valence-corrected chi connectivity index (χ2v) is 5.64. The van der Waals surface area contributed by atoms with Crippen molar-refractivity contribution < 1.29 is 14.2 Å². The van der Waals surface area contributed by atoms with Crippen LogP contribution in [0.25, 0.3) is 0 Å². The summed E-state index contributed by atoms with van der Waals surface area (Å²) in [7, 11) is 0. The molecule has 0 radical (unpaired) electrons. The molecule has 1 aromatic carbocycles. The lowest BCUT2D eigenvalue weighted by Gasteiger charge is -2.22. The number of halogens is 1. The van der Waals surface area contributed by atoms with E-state index in [1.165, 1.54) is 31.7 Å². The summed E-state index contributed by atoms with van der Waals surface area (Å²) in [6.45, 7) is 2.75. The molecule has 0 saturated heterocycles. The first kappa shape index (κ1) is 15.3. The number of hydrogen-bond acceptors (Lipinski definition) is 3. The van der Waals surface area contributed by atoms with Gasteiger partial charge in [-0.3, -0.25) is 0 Å². The van der Waals surface area contributed by atoms with E-state index in [0.29, 0.717) is 12.6 Å². The van der Waals surface area contributed by atoms with Gasteiger partial charge in [0.05, 0.1) is 0 Å². The number of hydrogen-bond donors (Lipinski definition) is 2. The fraction of sp³-hybridized carbons (Fsp3) is 0.625. The molecule has 2 rings (SSSR count). The molecule has 0 aromatic heterocycles. The minimum Gasteiger partial charge on any atom is -0.488 e. The molecule has 2 atom stereocenters. The first-order valence-electron chi connectivity index (χ1n) is 7.45. The van der Waals surface area contributed by atoms with Crippen molar-refractivity contribution in [2.45, 2.75) is 44.8 Å². The van der Waals surface area contributed by atoms with Crippen molar-refractivity contribution in [1.82, 2.24) is 5.32 Å². The Labute approximate surface area is 120 Å². The molecule has 2 N–H and O–H groups in total. The average Bonchev–Trinajstić information content (AvgIpc) is 2.98. The van der Waals surface area contributed by atoms with Crippen LogP contribution in [0.1, 0.15) is 32.6 Å². The van der Waals surface area contributed by atoms with Crippen molar-refractivity contribution in [2.75, 3.05) is 13.2 Å². The summed E-state index contributed by atoms with van der Waals surface area (Å²) in [5.41, 5.74) is 0. The zero-order chi connectivity index (χ0) is 14.4. The highest BCUT2D eigenvalue weighted by atomic mass is 19.1. The lowest BCUT2D eigenvalue weighted by molar-refractivity contribution is 0.0995. The predicted octanol–water partition coefficient (Wildman–Crippen LogP) is 2.73. The van der Waals surface area contributed by atoms with E-state index >= 15 is 0 Å². The summed E-state index contributed by atoms with van der Waals surface area (Å²) < 4.78 is 18.6. The second kappa shape index (κ2) is 7.60. The van der Waals surface area contributed by atoms with Gasteiger partial charge < -0.3 is 15.2 Å². The third-order valence-corrected chi connectivity index (χ3v) is 4.05. The van der Waals surface area contributed by atoms with Gasteiger partial charge >= 0.3 is 0 Å². The second-order valence-electron chi connectivity index (χ2n) is 5.64. The fourth-order valence-corrected chi connectivity index (χ4v) is 2.75. The minimum atomic E-state index is -0.626. The number of aliphatic hydroxyl groups is 1. The Balaban J connectivity index is 1.67. The number of para-hydroxylation sites is 1. The Morgan fingerprint density at radius 2 is 2.05 bits per heavy atom. The minimum absolute atomic E-state index is 0.102. The highest BCUT2D eigenvalue weighted by molar-refractivity contribution is 5.23. The topological polar surface area (TPSA) is 41.5 Å². The molecule has 4 heteroatoms. The van der Waals surface area contributed by atoms with Crippen LogP contribution in [0.3, 0.4) is 0 Å². The standard InChI is InChI=1S/C16H24FNO2/c1-12(13-6-2-3-7-13)18-10-14(19)11-20-16-9-5-4-8-15(16)17/h4-5,8-9,12-14,18-19H,2-3,6-7,10-11H2,1H3/t12-,14?/m0/s1. The van der Waals surface area contributed by atoms with E-state index in [0.717, 1.165) is 5.92 Å². The highest BCUT2D eigenvalue weighted by Crippen LogP contribution is 2.27. The van der Waals surface area contributed by atoms with Crippen molar-refractivity contribution in [3.8, 4) is 5.75 Å². The summed E-state index contributed by atoms with van der Waals surface area (Å²) in [4.78, 5) is 0. The molecule has 1 unspecified atom stereocenters. The Morgan fingerprint density at radius 3 is 2.75 bits per heavy atom. The molecule has 0 spiro atoms. The molecule has 20 heavy (non-hydrogen) atoms. The van der Waals surface area contributed by atoms with Crippen LogP contribution in [0.5, 0.6) is 5.75 Å². The number of benzene rings is 1. The molecule has 3 nitrogen and oxygen atoms in total. The SMILES string of the molecule is C[C@H](NCC(O)COc1ccccc1F)C1CCCC1. The maximum Gasteiger partial charge on any atom is 0.165 e. The van der Waals surface area contributed by atoms with Gasteiger partial charge in [0.25, 0.3) is 0 Å². The van der Waals surface area contributed by atoms with Crippen LogP contribution in [0.15, 0.2) is 24.3 Å². The van der Waals surface area contributed by atoms with Gasteiger partial charge in [-0.15, -0.1) is 0 Å². The molecule has 0 aliphatic heterocycles. The molecule has 0 heterocycles. The Morgan fingerprint density at radius 1 is 1.35 bits per heavy atom. The van der Waals surface area contributed by atoms with Gasteiger partial charge in [0.1, 0.15) is 12.7 Å². The molecule has 0 bridgehead atoms. The van der Waals surface area contributed by atoms with Crippen molar-refractivity contribution in [3.05, 3.63) is 30.1 Å². The average molecular weight is 281 g/mol. The zero-order valence-corrected chi connectivity index (χ0v) is 12.0. The van der Waals surface area contributed by atoms with Gasteiger partial charge in [-0.2, -0.15) is 0 Å². The molecule has 1 saturated carbocycles. The molecule has 1 aliphatic rings. The maximum absolute atomic E-state index is 13.3. The Bertz CT molecular complexity index is 407. The van der Waals surface area contributed by atoms with Crippen molar-refractivity contribution in [1.29, 1.82) is 0 Å². The third kappa shape index (κ3) is 4.46. The van der Waals surface area contributed by atoms with E-state index in [4.69, 9.17) is 4.74 Å². The van der Waals surface area contributed by atoms with Gasteiger partial charge in [-0.25, -0.2) is 4.39 Å².